The summed E-state index contributed by atoms with van der Waals surface area (Å²) < 4.78 is 13.0. The summed E-state index contributed by atoms with van der Waals surface area (Å²) in [5.74, 6) is 2.14. The minimum Gasteiger partial charge on any atom is -0.490 e. The Bertz CT molecular complexity index is 1120. The van der Waals surface area contributed by atoms with Crippen molar-refractivity contribution in [3.05, 3.63) is 77.6 Å². The molecule has 5 rings (SSSR count). The highest BCUT2D eigenvalue weighted by Crippen LogP contribution is 2.53. The maximum Gasteiger partial charge on any atom is 0.127 e. The van der Waals surface area contributed by atoms with Crippen molar-refractivity contribution in [3.8, 4) is 16.9 Å². The Hall–Kier alpha value is -2.30. The molecule has 0 spiro atoms. The van der Waals surface area contributed by atoms with Crippen LogP contribution in [0.25, 0.3) is 11.1 Å². The molecule has 1 aromatic heterocycles. The summed E-state index contributed by atoms with van der Waals surface area (Å²) >= 11 is 1.96. The van der Waals surface area contributed by atoms with E-state index < -0.39 is 0 Å². The molecule has 2 saturated carbocycles. The largest absolute Gasteiger partial charge is 0.490 e. The number of hydrogen-bond acceptors (Lipinski definition) is 4. The molecule has 4 heteroatoms. The maximum absolute atomic E-state index is 6.74. The summed E-state index contributed by atoms with van der Waals surface area (Å²) in [6.07, 6.45) is 12.1. The van der Waals surface area contributed by atoms with E-state index in [0.29, 0.717) is 12.7 Å². The second-order valence-corrected chi connectivity index (χ2v) is 10.7. The van der Waals surface area contributed by atoms with E-state index in [9.17, 15) is 0 Å². The van der Waals surface area contributed by atoms with Crippen molar-refractivity contribution in [2.75, 3.05) is 5.75 Å². The van der Waals surface area contributed by atoms with Crippen LogP contribution in [0.5, 0.6) is 5.75 Å². The van der Waals surface area contributed by atoms with Gasteiger partial charge in [-0.2, -0.15) is 0 Å². The number of rotatable bonds is 12. The Morgan fingerprint density at radius 3 is 2.62 bits per heavy atom. The lowest BCUT2D eigenvalue weighted by atomic mass is 9.96. The van der Waals surface area contributed by atoms with Crippen LogP contribution in [0, 0.1) is 0 Å². The van der Waals surface area contributed by atoms with Gasteiger partial charge in [-0.15, -0.1) is 11.8 Å². The lowest BCUT2D eigenvalue weighted by molar-refractivity contribution is 0.0169. The van der Waals surface area contributed by atoms with Crippen LogP contribution in [0.1, 0.15) is 69.1 Å². The third-order valence-electron chi connectivity index (χ3n) is 6.84. The maximum atomic E-state index is 6.74. The number of para-hydroxylation sites is 1. The number of unbranched alkanes of at least 4 members (excludes halogenated alkanes) is 1. The highest BCUT2D eigenvalue weighted by molar-refractivity contribution is 7.99. The first kappa shape index (κ1) is 23.4. The molecule has 0 saturated heterocycles. The van der Waals surface area contributed by atoms with Crippen molar-refractivity contribution < 1.29 is 9.47 Å². The molecule has 34 heavy (non-hydrogen) atoms. The molecule has 3 aromatic rings. The molecule has 0 unspecified atom stereocenters. The standard InChI is InChI=1S/C30H35NO2S/c1-3-5-18-34-25-13-10-22(4-2)23(19-25)21-32-30(15-16-30)28-20-31-17-14-26(28)27-8-6-7-9-29(27)33-24-11-12-24/h6-10,13-14,17,19-20,24H,3-5,11-12,15-16,18,21H2,1-2H3. The molecular formula is C30H35NO2S. The summed E-state index contributed by atoms with van der Waals surface area (Å²) in [4.78, 5) is 5.85. The third kappa shape index (κ3) is 5.34. The fourth-order valence-electron chi connectivity index (χ4n) is 4.48. The van der Waals surface area contributed by atoms with Gasteiger partial charge in [0.15, 0.2) is 0 Å². The molecule has 0 bridgehead atoms. The van der Waals surface area contributed by atoms with Crippen molar-refractivity contribution in [1.29, 1.82) is 0 Å². The van der Waals surface area contributed by atoms with Crippen molar-refractivity contribution in [2.45, 2.75) is 82.0 Å². The zero-order valence-corrected chi connectivity index (χ0v) is 21.2. The highest BCUT2D eigenvalue weighted by atomic mass is 32.2. The van der Waals surface area contributed by atoms with E-state index >= 15 is 0 Å². The zero-order valence-electron chi connectivity index (χ0n) is 20.4. The number of nitrogens with zero attached hydrogens (tertiary/aromatic N) is 1. The zero-order chi connectivity index (χ0) is 23.4. The van der Waals surface area contributed by atoms with Gasteiger partial charge in [0.25, 0.3) is 0 Å². The fraction of sp³-hybridized carbons (Fsp3) is 0.433. The Morgan fingerprint density at radius 1 is 1.00 bits per heavy atom. The van der Waals surface area contributed by atoms with Gasteiger partial charge in [0.2, 0.25) is 0 Å². The SMILES string of the molecule is CCCCSc1ccc(CC)c(COC2(c3cnccc3-c3ccccc3OC3CC3)CC2)c1. The van der Waals surface area contributed by atoms with Crippen LogP contribution in [0.3, 0.4) is 0 Å². The molecule has 2 aromatic carbocycles. The molecule has 178 valence electrons. The van der Waals surface area contributed by atoms with E-state index in [1.807, 2.05) is 24.2 Å². The number of hydrogen-bond donors (Lipinski definition) is 0. The summed E-state index contributed by atoms with van der Waals surface area (Å²) in [5, 5.41) is 0. The summed E-state index contributed by atoms with van der Waals surface area (Å²) in [6, 6.07) is 17.4. The van der Waals surface area contributed by atoms with Crippen LogP contribution in [0.15, 0.2) is 65.8 Å². The smallest absolute Gasteiger partial charge is 0.127 e. The predicted octanol–water partition coefficient (Wildman–Crippen LogP) is 7.95. The number of benzene rings is 2. The molecule has 3 nitrogen and oxygen atoms in total. The van der Waals surface area contributed by atoms with E-state index in [2.05, 4.69) is 67.4 Å². The van der Waals surface area contributed by atoms with Crippen LogP contribution in [-0.4, -0.2) is 16.8 Å². The van der Waals surface area contributed by atoms with Crippen LogP contribution in [-0.2, 0) is 23.4 Å². The lowest BCUT2D eigenvalue weighted by Gasteiger charge is -2.22. The van der Waals surface area contributed by atoms with Gasteiger partial charge in [0, 0.05) is 28.4 Å². The summed E-state index contributed by atoms with van der Waals surface area (Å²) in [6.45, 7) is 5.11. The monoisotopic (exact) mass is 473 g/mol. The van der Waals surface area contributed by atoms with Gasteiger partial charge in [-0.05, 0) is 85.2 Å². The van der Waals surface area contributed by atoms with Crippen molar-refractivity contribution in [1.82, 2.24) is 4.98 Å². The van der Waals surface area contributed by atoms with Gasteiger partial charge in [-0.3, -0.25) is 4.98 Å². The van der Waals surface area contributed by atoms with Crippen LogP contribution in [0.2, 0.25) is 0 Å². The predicted molar refractivity (Wildman–Crippen MR) is 140 cm³/mol. The molecule has 2 aliphatic rings. The van der Waals surface area contributed by atoms with Gasteiger partial charge >= 0.3 is 0 Å². The average molecular weight is 474 g/mol. The van der Waals surface area contributed by atoms with Crippen LogP contribution < -0.4 is 4.74 Å². The average Bonchev–Trinajstić information content (AvgIpc) is 3.81. The Kier molecular flexibility index (Phi) is 7.26. The van der Waals surface area contributed by atoms with Crippen molar-refractivity contribution >= 4 is 11.8 Å². The number of pyridine rings is 1. The molecule has 1 heterocycles. The van der Waals surface area contributed by atoms with Gasteiger partial charge in [-0.25, -0.2) is 0 Å². The highest BCUT2D eigenvalue weighted by Gasteiger charge is 2.47. The van der Waals surface area contributed by atoms with E-state index in [0.717, 1.165) is 43.4 Å². The van der Waals surface area contributed by atoms with Crippen LogP contribution in [0.4, 0.5) is 0 Å². The fourth-order valence-corrected chi connectivity index (χ4v) is 5.53. The number of ether oxygens (including phenoxy) is 2. The van der Waals surface area contributed by atoms with Gasteiger partial charge < -0.3 is 9.47 Å². The molecule has 2 fully saturated rings. The van der Waals surface area contributed by atoms with Gasteiger partial charge in [-0.1, -0.05) is 44.5 Å². The second kappa shape index (κ2) is 10.5. The Morgan fingerprint density at radius 2 is 1.85 bits per heavy atom. The lowest BCUT2D eigenvalue weighted by Crippen LogP contribution is -2.15. The van der Waals surface area contributed by atoms with Crippen LogP contribution >= 0.6 is 11.8 Å². The summed E-state index contributed by atoms with van der Waals surface area (Å²) in [7, 11) is 0. The van der Waals surface area contributed by atoms with Gasteiger partial charge in [0.1, 0.15) is 5.75 Å². The molecular weight excluding hydrogens is 438 g/mol. The first-order valence-corrected chi connectivity index (χ1v) is 13.8. The van der Waals surface area contributed by atoms with E-state index in [1.165, 1.54) is 45.7 Å². The molecule has 2 aliphatic carbocycles. The molecule has 0 aliphatic heterocycles. The Labute approximate surface area is 208 Å². The van der Waals surface area contributed by atoms with Gasteiger partial charge in [0.05, 0.1) is 18.3 Å². The number of aromatic nitrogens is 1. The minimum atomic E-state index is -0.257. The number of thioether (sulfide) groups is 1. The van der Waals surface area contributed by atoms with E-state index in [4.69, 9.17) is 9.47 Å². The molecule has 0 atom stereocenters. The minimum absolute atomic E-state index is 0.257. The molecule has 0 N–H and O–H groups in total. The molecule has 0 radical (unpaired) electrons. The quantitative estimate of drug-likeness (QED) is 0.197. The first-order chi connectivity index (χ1) is 16.7. The topological polar surface area (TPSA) is 31.4 Å². The van der Waals surface area contributed by atoms with E-state index in [1.54, 1.807) is 0 Å². The first-order valence-electron chi connectivity index (χ1n) is 12.8. The Balaban J connectivity index is 1.38. The third-order valence-corrected chi connectivity index (χ3v) is 7.92. The normalized spacial score (nSPS) is 16.4. The molecule has 0 amide bonds. The number of aryl methyl sites for hydroxylation is 1. The van der Waals surface area contributed by atoms with E-state index in [-0.39, 0.29) is 5.60 Å². The second-order valence-electron chi connectivity index (χ2n) is 9.50. The summed E-state index contributed by atoms with van der Waals surface area (Å²) in [5.41, 5.74) is 5.96. The van der Waals surface area contributed by atoms with Crippen molar-refractivity contribution in [3.63, 3.8) is 0 Å². The van der Waals surface area contributed by atoms with Crippen molar-refractivity contribution in [2.24, 2.45) is 0 Å².